The van der Waals surface area contributed by atoms with Crippen LogP contribution in [0.2, 0.25) is 0 Å². The van der Waals surface area contributed by atoms with Crippen LogP contribution in [0.3, 0.4) is 0 Å². The minimum Gasteiger partial charge on any atom is -0.475 e. The molecule has 100 valence electrons. The Kier molecular flexibility index (Phi) is 3.41. The molecule has 5 nitrogen and oxygen atoms in total. The molecule has 0 atom stereocenters. The maximum atomic E-state index is 5.85. The molecule has 20 heavy (non-hydrogen) atoms. The molecule has 0 radical (unpaired) electrons. The summed E-state index contributed by atoms with van der Waals surface area (Å²) in [6.45, 7) is 0.467. The van der Waals surface area contributed by atoms with Crippen LogP contribution >= 0.6 is 0 Å². The lowest BCUT2D eigenvalue weighted by Gasteiger charge is -2.08. The number of pyridine rings is 1. The molecule has 2 aromatic heterocycles. The van der Waals surface area contributed by atoms with Gasteiger partial charge < -0.3 is 10.5 Å². The van der Waals surface area contributed by atoms with Crippen LogP contribution in [0, 0.1) is 0 Å². The Hall–Kier alpha value is -2.69. The Morgan fingerprint density at radius 2 is 1.70 bits per heavy atom. The predicted octanol–water partition coefficient (Wildman–Crippen LogP) is 2.23. The number of ether oxygens (including phenoxy) is 1. The third kappa shape index (κ3) is 2.66. The number of benzene rings is 1. The molecule has 3 rings (SSSR count). The monoisotopic (exact) mass is 266 g/mol. The van der Waals surface area contributed by atoms with Crippen molar-refractivity contribution >= 4 is 16.9 Å². The zero-order valence-corrected chi connectivity index (χ0v) is 10.9. The molecule has 5 heteroatoms. The van der Waals surface area contributed by atoms with Gasteiger partial charge in [-0.3, -0.25) is 4.98 Å². The Morgan fingerprint density at radius 1 is 0.950 bits per heavy atom. The molecule has 0 saturated heterocycles. The van der Waals surface area contributed by atoms with Crippen molar-refractivity contribution in [3.63, 3.8) is 0 Å². The summed E-state index contributed by atoms with van der Waals surface area (Å²) in [5.74, 6) is 0.685. The first-order valence-corrected chi connectivity index (χ1v) is 6.38. The first-order valence-electron chi connectivity index (χ1n) is 6.38. The average Bonchev–Trinajstić information content (AvgIpc) is 2.49. The van der Waals surface area contributed by atoms with Gasteiger partial charge in [0.15, 0.2) is 5.82 Å². The Balaban J connectivity index is 1.72. The van der Waals surface area contributed by atoms with Crippen LogP contribution in [0.4, 0.5) is 5.82 Å². The molecule has 0 aliphatic carbocycles. The van der Waals surface area contributed by atoms with Crippen LogP contribution < -0.4 is 10.5 Å². The van der Waals surface area contributed by atoms with Gasteiger partial charge in [-0.2, -0.15) is 0 Å². The number of aromatic nitrogens is 3. The molecule has 0 bridgehead atoms. The van der Waals surface area contributed by atoms with E-state index in [-0.39, 0.29) is 0 Å². The molecule has 0 saturated carbocycles. The molecule has 0 spiro atoms. The highest BCUT2D eigenvalue weighted by Gasteiger charge is 2.06. The van der Waals surface area contributed by atoms with E-state index in [0.29, 0.717) is 24.7 Å². The summed E-state index contributed by atoms with van der Waals surface area (Å²) in [7, 11) is 0. The number of nitrogen functional groups attached to an aromatic ring is 1. The molecule has 0 aliphatic rings. The average molecular weight is 266 g/mol. The van der Waals surface area contributed by atoms with E-state index in [1.54, 1.807) is 6.20 Å². The van der Waals surface area contributed by atoms with Gasteiger partial charge in [-0.25, -0.2) is 9.97 Å². The summed E-state index contributed by atoms with van der Waals surface area (Å²) in [5, 5.41) is 0. The van der Waals surface area contributed by atoms with E-state index in [2.05, 4.69) is 15.0 Å². The molecule has 0 fully saturated rings. The number of anilines is 1. The lowest BCUT2D eigenvalue weighted by molar-refractivity contribution is 0.310. The van der Waals surface area contributed by atoms with Gasteiger partial charge in [-0.1, -0.05) is 18.2 Å². The number of para-hydroxylation sites is 2. The molecule has 0 unspecified atom stereocenters. The number of rotatable bonds is 4. The lowest BCUT2D eigenvalue weighted by Crippen LogP contribution is -2.07. The van der Waals surface area contributed by atoms with Crippen LogP contribution in [0.1, 0.15) is 5.69 Å². The zero-order chi connectivity index (χ0) is 13.8. The fraction of sp³-hybridized carbons (Fsp3) is 0.133. The van der Waals surface area contributed by atoms with E-state index in [4.69, 9.17) is 10.5 Å². The van der Waals surface area contributed by atoms with E-state index < -0.39 is 0 Å². The maximum absolute atomic E-state index is 5.85. The Morgan fingerprint density at radius 3 is 2.45 bits per heavy atom. The molecule has 0 aliphatic heterocycles. The fourth-order valence-corrected chi connectivity index (χ4v) is 1.90. The van der Waals surface area contributed by atoms with Crippen LogP contribution in [0.5, 0.6) is 5.88 Å². The Bertz CT molecular complexity index is 715. The zero-order valence-electron chi connectivity index (χ0n) is 10.9. The lowest BCUT2D eigenvalue weighted by atomic mass is 10.3. The summed E-state index contributed by atoms with van der Waals surface area (Å²) in [4.78, 5) is 12.9. The van der Waals surface area contributed by atoms with Gasteiger partial charge >= 0.3 is 0 Å². The fourth-order valence-electron chi connectivity index (χ4n) is 1.90. The van der Waals surface area contributed by atoms with Crippen molar-refractivity contribution in [3.05, 3.63) is 54.4 Å². The molecule has 0 amide bonds. The number of nitrogens with two attached hydrogens (primary N) is 1. The number of fused-ring (bicyclic) bond motifs is 1. The second-order valence-electron chi connectivity index (χ2n) is 4.32. The largest absolute Gasteiger partial charge is 0.475 e. The topological polar surface area (TPSA) is 73.9 Å². The van der Waals surface area contributed by atoms with Gasteiger partial charge in [0.05, 0.1) is 17.6 Å². The number of nitrogens with zero attached hydrogens (tertiary/aromatic N) is 3. The van der Waals surface area contributed by atoms with Crippen molar-refractivity contribution in [2.24, 2.45) is 0 Å². The summed E-state index contributed by atoms with van der Waals surface area (Å²) >= 11 is 0. The SMILES string of the molecule is Nc1nc2ccccc2nc1OCCc1ccccn1. The number of hydrogen-bond donors (Lipinski definition) is 1. The first-order chi connectivity index (χ1) is 9.83. The molecule has 1 aromatic carbocycles. The van der Waals surface area contributed by atoms with Crippen molar-refractivity contribution in [2.75, 3.05) is 12.3 Å². The molecule has 2 N–H and O–H groups in total. The van der Waals surface area contributed by atoms with Crippen molar-refractivity contribution in [3.8, 4) is 5.88 Å². The van der Waals surface area contributed by atoms with E-state index in [0.717, 1.165) is 16.7 Å². The summed E-state index contributed by atoms with van der Waals surface area (Å²) in [6.07, 6.45) is 2.47. The van der Waals surface area contributed by atoms with Gasteiger partial charge in [0.1, 0.15) is 0 Å². The van der Waals surface area contributed by atoms with Gasteiger partial charge in [-0.05, 0) is 24.3 Å². The van der Waals surface area contributed by atoms with E-state index in [1.165, 1.54) is 0 Å². The molecule has 3 aromatic rings. The Labute approximate surface area is 116 Å². The smallest absolute Gasteiger partial charge is 0.257 e. The van der Waals surface area contributed by atoms with Crippen molar-refractivity contribution in [1.29, 1.82) is 0 Å². The minimum atomic E-state index is 0.310. The quantitative estimate of drug-likeness (QED) is 0.783. The molecular formula is C15H14N4O. The van der Waals surface area contributed by atoms with E-state index in [1.807, 2.05) is 42.5 Å². The second-order valence-corrected chi connectivity index (χ2v) is 4.32. The van der Waals surface area contributed by atoms with Crippen LogP contribution in [0.25, 0.3) is 11.0 Å². The van der Waals surface area contributed by atoms with Crippen LogP contribution in [0.15, 0.2) is 48.7 Å². The van der Waals surface area contributed by atoms with Gasteiger partial charge in [0, 0.05) is 18.3 Å². The van der Waals surface area contributed by atoms with Crippen molar-refractivity contribution < 1.29 is 4.74 Å². The third-order valence-electron chi connectivity index (χ3n) is 2.89. The summed E-state index contributed by atoms with van der Waals surface area (Å²) < 4.78 is 5.61. The van der Waals surface area contributed by atoms with E-state index >= 15 is 0 Å². The minimum absolute atomic E-state index is 0.310. The van der Waals surface area contributed by atoms with Gasteiger partial charge in [-0.15, -0.1) is 0 Å². The van der Waals surface area contributed by atoms with Crippen LogP contribution in [-0.4, -0.2) is 21.6 Å². The maximum Gasteiger partial charge on any atom is 0.257 e. The van der Waals surface area contributed by atoms with Gasteiger partial charge in [0.25, 0.3) is 5.88 Å². The van der Waals surface area contributed by atoms with Crippen molar-refractivity contribution in [2.45, 2.75) is 6.42 Å². The third-order valence-corrected chi connectivity index (χ3v) is 2.89. The normalized spacial score (nSPS) is 10.6. The predicted molar refractivity (Wildman–Crippen MR) is 77.4 cm³/mol. The molecule has 2 heterocycles. The van der Waals surface area contributed by atoms with Crippen molar-refractivity contribution in [1.82, 2.24) is 15.0 Å². The standard InChI is InChI=1S/C15H14N4O/c16-14-15(19-13-7-2-1-6-12(13)18-14)20-10-8-11-5-3-4-9-17-11/h1-7,9H,8,10H2,(H2,16,18). The van der Waals surface area contributed by atoms with E-state index in [9.17, 15) is 0 Å². The summed E-state index contributed by atoms with van der Waals surface area (Å²) in [5.41, 5.74) is 8.36. The highest BCUT2D eigenvalue weighted by atomic mass is 16.5. The molecular weight excluding hydrogens is 252 g/mol. The van der Waals surface area contributed by atoms with Crippen LogP contribution in [-0.2, 0) is 6.42 Å². The second kappa shape index (κ2) is 5.52. The summed E-state index contributed by atoms with van der Waals surface area (Å²) in [6, 6.07) is 13.4. The highest BCUT2D eigenvalue weighted by molar-refractivity contribution is 5.76. The number of hydrogen-bond acceptors (Lipinski definition) is 5. The first kappa shape index (κ1) is 12.3. The highest BCUT2D eigenvalue weighted by Crippen LogP contribution is 2.20. The van der Waals surface area contributed by atoms with Gasteiger partial charge in [0.2, 0.25) is 0 Å².